The maximum Gasteiger partial charge on any atom is 0.311 e. The molecule has 0 radical (unpaired) electrons. The van der Waals surface area contributed by atoms with Gasteiger partial charge in [0.15, 0.2) is 0 Å². The van der Waals surface area contributed by atoms with Crippen molar-refractivity contribution in [3.05, 3.63) is 33.8 Å². The Morgan fingerprint density at radius 1 is 1.53 bits per heavy atom. The fraction of sp³-hybridized carbons (Fsp3) is 0.417. The number of hydrogen-bond donors (Lipinski definition) is 1. The molecule has 0 bridgehead atoms. The summed E-state index contributed by atoms with van der Waals surface area (Å²) < 4.78 is 1.00. The van der Waals surface area contributed by atoms with Crippen molar-refractivity contribution in [1.29, 1.82) is 0 Å². The SMILES string of the molecule is Cc1cc(Br)ccc1C(C(=O)O)C1CC1. The Labute approximate surface area is 97.4 Å². The predicted octanol–water partition coefficient (Wildman–Crippen LogP) is 3.34. The minimum atomic E-state index is -0.692. The summed E-state index contributed by atoms with van der Waals surface area (Å²) in [7, 11) is 0. The lowest BCUT2D eigenvalue weighted by atomic mass is 9.91. The Morgan fingerprint density at radius 3 is 2.67 bits per heavy atom. The highest BCUT2D eigenvalue weighted by molar-refractivity contribution is 9.10. The summed E-state index contributed by atoms with van der Waals surface area (Å²) in [6.07, 6.45) is 2.10. The zero-order valence-electron chi connectivity index (χ0n) is 8.53. The van der Waals surface area contributed by atoms with Crippen LogP contribution >= 0.6 is 15.9 Å². The normalized spacial score (nSPS) is 17.5. The highest BCUT2D eigenvalue weighted by atomic mass is 79.9. The van der Waals surface area contributed by atoms with Crippen molar-refractivity contribution in [3.8, 4) is 0 Å². The van der Waals surface area contributed by atoms with Gasteiger partial charge in [-0.15, -0.1) is 0 Å². The van der Waals surface area contributed by atoms with Crippen molar-refractivity contribution in [2.45, 2.75) is 25.7 Å². The van der Waals surface area contributed by atoms with Crippen molar-refractivity contribution >= 4 is 21.9 Å². The molecule has 80 valence electrons. The Hall–Kier alpha value is -0.830. The maximum absolute atomic E-state index is 11.2. The van der Waals surface area contributed by atoms with E-state index in [2.05, 4.69) is 15.9 Å². The van der Waals surface area contributed by atoms with Crippen LogP contribution in [-0.4, -0.2) is 11.1 Å². The average molecular weight is 269 g/mol. The number of hydrogen-bond acceptors (Lipinski definition) is 1. The Bertz CT molecular complexity index is 397. The molecule has 1 saturated carbocycles. The third kappa shape index (κ3) is 2.23. The van der Waals surface area contributed by atoms with Crippen LogP contribution in [0.5, 0.6) is 0 Å². The monoisotopic (exact) mass is 268 g/mol. The van der Waals surface area contributed by atoms with Gasteiger partial charge >= 0.3 is 5.97 Å². The van der Waals surface area contributed by atoms with Crippen LogP contribution in [0.25, 0.3) is 0 Å². The second-order valence-electron chi connectivity index (χ2n) is 4.15. The van der Waals surface area contributed by atoms with E-state index in [0.29, 0.717) is 5.92 Å². The molecular formula is C12H13BrO2. The van der Waals surface area contributed by atoms with Crippen LogP contribution in [0, 0.1) is 12.8 Å². The summed E-state index contributed by atoms with van der Waals surface area (Å²) >= 11 is 3.39. The first-order valence-electron chi connectivity index (χ1n) is 5.08. The summed E-state index contributed by atoms with van der Waals surface area (Å²) in [5.74, 6) is -0.650. The standard InChI is InChI=1S/C12H13BrO2/c1-7-6-9(13)4-5-10(7)11(12(14)15)8-2-3-8/h4-6,8,11H,2-3H2,1H3,(H,14,15). The second-order valence-corrected chi connectivity index (χ2v) is 5.07. The molecule has 1 unspecified atom stereocenters. The molecule has 0 amide bonds. The fourth-order valence-electron chi connectivity index (χ4n) is 2.01. The molecule has 1 N–H and O–H groups in total. The van der Waals surface area contributed by atoms with E-state index in [0.717, 1.165) is 28.4 Å². The van der Waals surface area contributed by atoms with E-state index in [1.807, 2.05) is 25.1 Å². The first kappa shape index (κ1) is 10.7. The van der Waals surface area contributed by atoms with Gasteiger partial charge < -0.3 is 5.11 Å². The second kappa shape index (κ2) is 3.97. The molecule has 0 aromatic heterocycles. The molecule has 1 aliphatic carbocycles. The van der Waals surface area contributed by atoms with E-state index < -0.39 is 5.97 Å². The van der Waals surface area contributed by atoms with Gasteiger partial charge in [0.1, 0.15) is 0 Å². The van der Waals surface area contributed by atoms with Gasteiger partial charge in [0.2, 0.25) is 0 Å². The van der Waals surface area contributed by atoms with E-state index in [1.54, 1.807) is 0 Å². The van der Waals surface area contributed by atoms with Crippen LogP contribution in [0.3, 0.4) is 0 Å². The number of aryl methyl sites for hydroxylation is 1. The van der Waals surface area contributed by atoms with Gasteiger partial charge in [-0.3, -0.25) is 4.79 Å². The number of carbonyl (C=O) groups is 1. The first-order chi connectivity index (χ1) is 7.09. The predicted molar refractivity (Wildman–Crippen MR) is 62.0 cm³/mol. The van der Waals surface area contributed by atoms with Gasteiger partial charge in [-0.25, -0.2) is 0 Å². The van der Waals surface area contributed by atoms with Crippen LogP contribution in [-0.2, 0) is 4.79 Å². The first-order valence-corrected chi connectivity index (χ1v) is 5.87. The van der Waals surface area contributed by atoms with Crippen LogP contribution in [0.2, 0.25) is 0 Å². The molecule has 1 aliphatic rings. The van der Waals surface area contributed by atoms with E-state index in [1.165, 1.54) is 0 Å². The van der Waals surface area contributed by atoms with Crippen molar-refractivity contribution in [2.24, 2.45) is 5.92 Å². The van der Waals surface area contributed by atoms with Gasteiger partial charge in [0.05, 0.1) is 5.92 Å². The number of benzene rings is 1. The smallest absolute Gasteiger partial charge is 0.311 e. The van der Waals surface area contributed by atoms with Gasteiger partial charge in [-0.05, 0) is 48.9 Å². The lowest BCUT2D eigenvalue weighted by Gasteiger charge is -2.14. The zero-order chi connectivity index (χ0) is 11.0. The molecule has 2 rings (SSSR count). The molecule has 0 aliphatic heterocycles. The van der Waals surface area contributed by atoms with E-state index >= 15 is 0 Å². The van der Waals surface area contributed by atoms with Crippen LogP contribution in [0.1, 0.15) is 29.9 Å². The van der Waals surface area contributed by atoms with Gasteiger partial charge in [0, 0.05) is 4.47 Å². The fourth-order valence-corrected chi connectivity index (χ4v) is 2.48. The minimum Gasteiger partial charge on any atom is -0.481 e. The lowest BCUT2D eigenvalue weighted by Crippen LogP contribution is -2.14. The summed E-state index contributed by atoms with van der Waals surface area (Å²) in [6.45, 7) is 1.97. The highest BCUT2D eigenvalue weighted by Crippen LogP contribution is 2.43. The van der Waals surface area contributed by atoms with Crippen molar-refractivity contribution < 1.29 is 9.90 Å². The van der Waals surface area contributed by atoms with Gasteiger partial charge in [-0.2, -0.15) is 0 Å². The summed E-state index contributed by atoms with van der Waals surface area (Å²) in [5.41, 5.74) is 2.02. The third-order valence-corrected chi connectivity index (χ3v) is 3.42. The largest absolute Gasteiger partial charge is 0.481 e. The number of rotatable bonds is 3. The number of aliphatic carboxylic acids is 1. The third-order valence-electron chi connectivity index (χ3n) is 2.93. The van der Waals surface area contributed by atoms with Crippen LogP contribution < -0.4 is 0 Å². The molecule has 15 heavy (non-hydrogen) atoms. The molecule has 2 nitrogen and oxygen atoms in total. The topological polar surface area (TPSA) is 37.3 Å². The van der Waals surface area contributed by atoms with Crippen molar-refractivity contribution in [1.82, 2.24) is 0 Å². The molecule has 0 saturated heterocycles. The number of carboxylic acid groups (broad SMARTS) is 1. The number of carboxylic acids is 1. The molecule has 3 heteroatoms. The Kier molecular flexibility index (Phi) is 2.83. The summed E-state index contributed by atoms with van der Waals surface area (Å²) in [6, 6.07) is 5.82. The average Bonchev–Trinajstić information content (AvgIpc) is 2.92. The Morgan fingerprint density at radius 2 is 2.20 bits per heavy atom. The quantitative estimate of drug-likeness (QED) is 0.913. The van der Waals surface area contributed by atoms with Crippen molar-refractivity contribution in [3.63, 3.8) is 0 Å². The van der Waals surface area contributed by atoms with Gasteiger partial charge in [-0.1, -0.05) is 22.0 Å². The minimum absolute atomic E-state index is 0.307. The summed E-state index contributed by atoms with van der Waals surface area (Å²) in [5, 5.41) is 9.22. The Balaban J connectivity index is 2.37. The van der Waals surface area contributed by atoms with E-state index in [-0.39, 0.29) is 5.92 Å². The van der Waals surface area contributed by atoms with E-state index in [4.69, 9.17) is 0 Å². The van der Waals surface area contributed by atoms with Crippen LogP contribution in [0.4, 0.5) is 0 Å². The molecule has 1 fully saturated rings. The summed E-state index contributed by atoms with van der Waals surface area (Å²) in [4.78, 5) is 11.2. The van der Waals surface area contributed by atoms with Crippen molar-refractivity contribution in [2.75, 3.05) is 0 Å². The lowest BCUT2D eigenvalue weighted by molar-refractivity contribution is -0.139. The maximum atomic E-state index is 11.2. The van der Waals surface area contributed by atoms with Gasteiger partial charge in [0.25, 0.3) is 0 Å². The molecule has 1 aromatic rings. The molecule has 1 atom stereocenters. The van der Waals surface area contributed by atoms with E-state index in [9.17, 15) is 9.90 Å². The molecule has 1 aromatic carbocycles. The zero-order valence-corrected chi connectivity index (χ0v) is 10.1. The molecular weight excluding hydrogens is 256 g/mol. The highest BCUT2D eigenvalue weighted by Gasteiger charge is 2.37. The number of halogens is 1. The molecule has 0 spiro atoms. The molecule has 0 heterocycles. The van der Waals surface area contributed by atoms with Crippen LogP contribution in [0.15, 0.2) is 22.7 Å².